The van der Waals surface area contributed by atoms with Gasteiger partial charge < -0.3 is 5.32 Å². The monoisotopic (exact) mass is 514 g/mol. The molecule has 0 bridgehead atoms. The first-order chi connectivity index (χ1) is 18.3. The molecule has 0 fully saturated rings. The number of azide groups is 1. The molecule has 0 saturated carbocycles. The Morgan fingerprint density at radius 1 is 1.05 bits per heavy atom. The molecule has 0 spiro atoms. The lowest BCUT2D eigenvalue weighted by atomic mass is 9.98. The number of ketones is 1. The fourth-order valence-electron chi connectivity index (χ4n) is 3.95. The number of nitrogens with zero attached hydrogens (tertiary/aromatic N) is 5. The molecule has 3 aromatic carbocycles. The van der Waals surface area contributed by atoms with E-state index in [9.17, 15) is 24.5 Å². The van der Waals surface area contributed by atoms with Crippen LogP contribution in [0.3, 0.4) is 0 Å². The van der Waals surface area contributed by atoms with Gasteiger partial charge in [0.2, 0.25) is 5.91 Å². The van der Waals surface area contributed by atoms with E-state index in [0.29, 0.717) is 13.0 Å². The molecule has 194 valence electrons. The lowest BCUT2D eigenvalue weighted by Crippen LogP contribution is -2.45. The Kier molecular flexibility index (Phi) is 9.28. The van der Waals surface area contributed by atoms with Gasteiger partial charge in [0.1, 0.15) is 6.04 Å². The van der Waals surface area contributed by atoms with Crippen LogP contribution < -0.4 is 10.2 Å². The third-order valence-corrected chi connectivity index (χ3v) is 5.81. The van der Waals surface area contributed by atoms with Crippen molar-refractivity contribution in [2.24, 2.45) is 5.11 Å². The second-order valence-electron chi connectivity index (χ2n) is 8.35. The number of hydrogen-bond acceptors (Lipinski definition) is 6. The number of non-ortho nitro benzene ring substituents is 1. The zero-order valence-corrected chi connectivity index (χ0v) is 20.9. The van der Waals surface area contributed by atoms with Gasteiger partial charge in [-0.25, -0.2) is 0 Å². The molecule has 0 saturated heterocycles. The van der Waals surface area contributed by atoms with Crippen molar-refractivity contribution in [1.29, 1.82) is 0 Å². The molecule has 38 heavy (non-hydrogen) atoms. The number of hydrogen-bond donors (Lipinski definition) is 1. The molecule has 1 N–H and O–H groups in total. The fraction of sp³-hybridized carbons (Fsp3) is 0.222. The van der Waals surface area contributed by atoms with E-state index < -0.39 is 22.8 Å². The topological polar surface area (TPSA) is 158 Å². The summed E-state index contributed by atoms with van der Waals surface area (Å²) in [6, 6.07) is 16.3. The molecule has 2 amide bonds. The van der Waals surface area contributed by atoms with Gasteiger partial charge in [0.25, 0.3) is 11.6 Å². The number of nitrogens with one attached hydrogen (secondary N) is 1. The van der Waals surface area contributed by atoms with E-state index in [1.165, 1.54) is 42.2 Å². The largest absolute Gasteiger partial charge is 0.354 e. The first kappa shape index (κ1) is 27.6. The highest BCUT2D eigenvalue weighted by Gasteiger charge is 2.36. The summed E-state index contributed by atoms with van der Waals surface area (Å²) in [4.78, 5) is 55.0. The lowest BCUT2D eigenvalue weighted by molar-refractivity contribution is -0.384. The van der Waals surface area contributed by atoms with Gasteiger partial charge in [-0.2, -0.15) is 0 Å². The molecule has 11 nitrogen and oxygen atoms in total. The number of amides is 2. The summed E-state index contributed by atoms with van der Waals surface area (Å²) in [5.74, 6) is -1.57. The summed E-state index contributed by atoms with van der Waals surface area (Å²) in [5, 5.41) is 17.7. The molecule has 0 heterocycles. The summed E-state index contributed by atoms with van der Waals surface area (Å²) in [7, 11) is 0. The van der Waals surface area contributed by atoms with Gasteiger partial charge in [-0.1, -0.05) is 54.9 Å². The number of rotatable bonds is 11. The molecule has 0 aliphatic rings. The zero-order valence-electron chi connectivity index (χ0n) is 20.9. The van der Waals surface area contributed by atoms with Crippen molar-refractivity contribution in [2.45, 2.75) is 32.7 Å². The maximum absolute atomic E-state index is 14.1. The number of carbonyl (C=O) groups is 3. The maximum Gasteiger partial charge on any atom is 0.269 e. The molecule has 0 aliphatic carbocycles. The van der Waals surface area contributed by atoms with Gasteiger partial charge in [0.15, 0.2) is 5.78 Å². The van der Waals surface area contributed by atoms with Gasteiger partial charge in [-0.15, -0.1) is 0 Å². The average Bonchev–Trinajstić information content (AvgIpc) is 2.92. The van der Waals surface area contributed by atoms with Crippen molar-refractivity contribution >= 4 is 34.7 Å². The second kappa shape index (κ2) is 12.8. The van der Waals surface area contributed by atoms with Gasteiger partial charge in [-0.05, 0) is 48.7 Å². The van der Waals surface area contributed by atoms with E-state index in [4.69, 9.17) is 5.53 Å². The van der Waals surface area contributed by atoms with E-state index in [-0.39, 0.29) is 39.5 Å². The van der Waals surface area contributed by atoms with Crippen LogP contribution in [0.2, 0.25) is 0 Å². The van der Waals surface area contributed by atoms with Gasteiger partial charge in [0, 0.05) is 40.4 Å². The molecule has 0 aliphatic heterocycles. The Labute approximate surface area is 218 Å². The molecule has 3 rings (SSSR count). The highest BCUT2D eigenvalue weighted by molar-refractivity contribution is 6.13. The summed E-state index contributed by atoms with van der Waals surface area (Å²) in [6.07, 6.45) is 1.51. The molecule has 1 atom stereocenters. The fourth-order valence-corrected chi connectivity index (χ4v) is 3.95. The van der Waals surface area contributed by atoms with Crippen LogP contribution in [-0.2, 0) is 4.79 Å². The Bertz CT molecular complexity index is 1400. The van der Waals surface area contributed by atoms with Crippen molar-refractivity contribution in [3.63, 3.8) is 0 Å². The number of nitro groups is 1. The minimum absolute atomic E-state index is 0.0570. The summed E-state index contributed by atoms with van der Waals surface area (Å²) in [6.45, 7) is 3.65. The van der Waals surface area contributed by atoms with Gasteiger partial charge >= 0.3 is 0 Å². The third kappa shape index (κ3) is 6.21. The first-order valence-corrected chi connectivity index (χ1v) is 11.9. The molecular formula is C27H26N6O5. The Morgan fingerprint density at radius 3 is 2.34 bits per heavy atom. The predicted molar refractivity (Wildman–Crippen MR) is 142 cm³/mol. The van der Waals surface area contributed by atoms with Crippen LogP contribution in [0.4, 0.5) is 17.1 Å². The summed E-state index contributed by atoms with van der Waals surface area (Å²) in [5.41, 5.74) is 9.72. The number of nitro benzene ring substituents is 1. The van der Waals surface area contributed by atoms with E-state index in [0.717, 1.165) is 6.42 Å². The van der Waals surface area contributed by atoms with Crippen molar-refractivity contribution in [2.75, 3.05) is 11.4 Å². The average molecular weight is 515 g/mol. The van der Waals surface area contributed by atoms with Crippen LogP contribution in [0.15, 0.2) is 77.9 Å². The van der Waals surface area contributed by atoms with E-state index >= 15 is 0 Å². The minimum Gasteiger partial charge on any atom is -0.354 e. The zero-order chi connectivity index (χ0) is 27.7. The number of benzene rings is 3. The predicted octanol–water partition coefficient (Wildman–Crippen LogP) is 6.04. The third-order valence-electron chi connectivity index (χ3n) is 5.81. The molecule has 3 aromatic rings. The molecule has 11 heteroatoms. The second-order valence-corrected chi connectivity index (χ2v) is 8.35. The molecule has 1 unspecified atom stereocenters. The number of unbranched alkanes of at least 4 members (excludes halogenated alkanes) is 1. The lowest BCUT2D eigenvalue weighted by Gasteiger charge is -2.33. The minimum atomic E-state index is -1.34. The van der Waals surface area contributed by atoms with Crippen LogP contribution in [0, 0.1) is 10.1 Å². The Hall–Kier alpha value is -5.02. The Balaban J connectivity index is 2.30. The maximum atomic E-state index is 14.1. The SMILES string of the molecule is CCCCNC(=O)C(c1ccccc1N=[N+]=[N-])N(C(=O)c1ccc([N+](=O)[O-])cc1)c1ccccc1C(C)=O. The summed E-state index contributed by atoms with van der Waals surface area (Å²) >= 11 is 0. The first-order valence-electron chi connectivity index (χ1n) is 11.9. The quantitative estimate of drug-likeness (QED) is 0.0627. The number of para-hydroxylation sites is 1. The van der Waals surface area contributed by atoms with Crippen LogP contribution >= 0.6 is 0 Å². The smallest absolute Gasteiger partial charge is 0.269 e. The van der Waals surface area contributed by atoms with Crippen molar-refractivity contribution in [3.8, 4) is 0 Å². The van der Waals surface area contributed by atoms with Gasteiger partial charge in [-0.3, -0.25) is 29.4 Å². The highest BCUT2D eigenvalue weighted by Crippen LogP contribution is 2.36. The van der Waals surface area contributed by atoms with Crippen molar-refractivity contribution < 1.29 is 19.3 Å². The van der Waals surface area contributed by atoms with E-state index in [1.807, 2.05) is 6.92 Å². The van der Waals surface area contributed by atoms with Crippen LogP contribution in [0.5, 0.6) is 0 Å². The van der Waals surface area contributed by atoms with Crippen LogP contribution in [0.25, 0.3) is 10.4 Å². The summed E-state index contributed by atoms with van der Waals surface area (Å²) < 4.78 is 0. The number of anilines is 1. The molecule has 0 radical (unpaired) electrons. The standard InChI is InChI=1S/C27H26N6O5/c1-3-4-17-29-26(35)25(22-10-5-7-11-23(22)30-31-28)32(24-12-8-6-9-21(24)18(2)34)27(36)19-13-15-20(16-14-19)33(37)38/h5-16,25H,3-4,17H2,1-2H3,(H,29,35). The van der Waals surface area contributed by atoms with Crippen molar-refractivity contribution in [1.82, 2.24) is 5.32 Å². The Morgan fingerprint density at radius 2 is 1.71 bits per heavy atom. The molecule has 0 aromatic heterocycles. The van der Waals surface area contributed by atoms with Gasteiger partial charge in [0.05, 0.1) is 10.6 Å². The number of carbonyl (C=O) groups excluding carboxylic acids is 3. The highest BCUT2D eigenvalue weighted by atomic mass is 16.6. The van der Waals surface area contributed by atoms with Crippen LogP contribution in [0.1, 0.15) is 59.0 Å². The van der Waals surface area contributed by atoms with E-state index in [2.05, 4.69) is 15.3 Å². The molecular weight excluding hydrogens is 488 g/mol. The van der Waals surface area contributed by atoms with E-state index in [1.54, 1.807) is 42.5 Å². The normalized spacial score (nSPS) is 11.1. The number of Topliss-reactive ketones (excluding diaryl/α,β-unsaturated/α-hetero) is 1. The van der Waals surface area contributed by atoms with Crippen molar-refractivity contribution in [3.05, 3.63) is 110 Å². The van der Waals surface area contributed by atoms with Crippen LogP contribution in [-0.4, -0.2) is 29.1 Å².